The maximum absolute atomic E-state index is 5.99. The van der Waals surface area contributed by atoms with Gasteiger partial charge in [0, 0.05) is 11.1 Å². The zero-order valence-electron chi connectivity index (χ0n) is 15.4. The average Bonchev–Trinajstić information content (AvgIpc) is 2.58. The van der Waals surface area contributed by atoms with Crippen LogP contribution in [-0.2, 0) is 0 Å². The lowest BCUT2D eigenvalue weighted by Crippen LogP contribution is -2.11. The second-order valence-electron chi connectivity index (χ2n) is 6.67. The Bertz CT molecular complexity index is 871. The van der Waals surface area contributed by atoms with E-state index in [-0.39, 0.29) is 0 Å². The molecule has 0 saturated carbocycles. The number of aromatic nitrogens is 1. The number of benzene rings is 2. The van der Waals surface area contributed by atoms with E-state index in [1.54, 1.807) is 0 Å². The summed E-state index contributed by atoms with van der Waals surface area (Å²) >= 11 is 0. The van der Waals surface area contributed by atoms with E-state index in [1.807, 2.05) is 31.2 Å². The smallest absolute Gasteiger partial charge is 0.145 e. The Kier molecular flexibility index (Phi) is 5.22. The van der Waals surface area contributed by atoms with Gasteiger partial charge in [0.05, 0.1) is 0 Å². The van der Waals surface area contributed by atoms with Gasteiger partial charge in [0.2, 0.25) is 0 Å². The van der Waals surface area contributed by atoms with E-state index in [0.29, 0.717) is 19.1 Å². The van der Waals surface area contributed by atoms with E-state index in [4.69, 9.17) is 9.47 Å². The molecule has 0 atom stereocenters. The number of aryl methyl sites for hydroxylation is 2. The molecule has 25 heavy (non-hydrogen) atoms. The minimum Gasteiger partial charge on any atom is -0.490 e. The molecule has 0 aliphatic heterocycles. The summed E-state index contributed by atoms with van der Waals surface area (Å²) in [5, 5.41) is 1.09. The second-order valence-corrected chi connectivity index (χ2v) is 6.67. The molecular weight excluding hydrogens is 310 g/mol. The van der Waals surface area contributed by atoms with Gasteiger partial charge < -0.3 is 9.47 Å². The van der Waals surface area contributed by atoms with Crippen molar-refractivity contribution in [2.45, 2.75) is 33.6 Å². The van der Waals surface area contributed by atoms with Crippen LogP contribution >= 0.6 is 0 Å². The molecule has 3 rings (SSSR count). The maximum atomic E-state index is 5.99. The Hall–Kier alpha value is -2.55. The highest BCUT2D eigenvalue weighted by atomic mass is 16.5. The minimum atomic E-state index is 0.432. The summed E-state index contributed by atoms with van der Waals surface area (Å²) in [6.45, 7) is 9.42. The highest BCUT2D eigenvalue weighted by Crippen LogP contribution is 2.28. The van der Waals surface area contributed by atoms with Crippen LogP contribution in [0.5, 0.6) is 11.5 Å². The Labute approximate surface area is 149 Å². The second kappa shape index (κ2) is 7.56. The van der Waals surface area contributed by atoms with Gasteiger partial charge in [-0.15, -0.1) is 0 Å². The van der Waals surface area contributed by atoms with E-state index in [9.17, 15) is 0 Å². The molecule has 0 aliphatic carbocycles. The van der Waals surface area contributed by atoms with E-state index in [2.05, 4.69) is 50.0 Å². The van der Waals surface area contributed by atoms with Crippen molar-refractivity contribution in [3.63, 3.8) is 0 Å². The van der Waals surface area contributed by atoms with Gasteiger partial charge in [-0.05, 0) is 49.1 Å². The van der Waals surface area contributed by atoms with Crippen LogP contribution in [-0.4, -0.2) is 18.2 Å². The summed E-state index contributed by atoms with van der Waals surface area (Å²) in [6.07, 6.45) is 0. The largest absolute Gasteiger partial charge is 0.490 e. The number of fused-ring (bicyclic) bond motifs is 1. The van der Waals surface area contributed by atoms with Crippen molar-refractivity contribution in [3.05, 3.63) is 65.4 Å². The fraction of sp³-hybridized carbons (Fsp3) is 0.318. The van der Waals surface area contributed by atoms with Crippen molar-refractivity contribution in [2.24, 2.45) is 0 Å². The monoisotopic (exact) mass is 335 g/mol. The zero-order chi connectivity index (χ0) is 17.8. The number of nitrogens with zero attached hydrogens (tertiary/aromatic N) is 1. The molecule has 0 amide bonds. The number of para-hydroxylation sites is 1. The molecule has 3 aromatic rings. The highest BCUT2D eigenvalue weighted by molar-refractivity contribution is 5.84. The molecule has 0 fully saturated rings. The van der Waals surface area contributed by atoms with Crippen molar-refractivity contribution >= 4 is 10.9 Å². The number of ether oxygens (including phenoxy) is 2. The summed E-state index contributed by atoms with van der Waals surface area (Å²) < 4.78 is 11.9. The number of hydrogen-bond donors (Lipinski definition) is 0. The van der Waals surface area contributed by atoms with Crippen molar-refractivity contribution in [3.8, 4) is 11.5 Å². The Morgan fingerprint density at radius 3 is 2.40 bits per heavy atom. The molecule has 2 aromatic carbocycles. The van der Waals surface area contributed by atoms with Gasteiger partial charge in [0.25, 0.3) is 0 Å². The first-order chi connectivity index (χ1) is 12.0. The fourth-order valence-electron chi connectivity index (χ4n) is 2.88. The molecular formula is C22H25NO2. The van der Waals surface area contributed by atoms with E-state index in [1.165, 1.54) is 11.1 Å². The highest BCUT2D eigenvalue weighted by Gasteiger charge is 2.09. The summed E-state index contributed by atoms with van der Waals surface area (Å²) in [5.74, 6) is 2.19. The standard InChI is InChI=1S/C22H25NO2/c1-15(2)19-11-8-16(3)14-21(19)25-13-12-24-20-7-5-6-18-10-9-17(4)23-22(18)20/h5-11,14-15H,12-13H2,1-4H3. The van der Waals surface area contributed by atoms with Crippen molar-refractivity contribution in [2.75, 3.05) is 13.2 Å². The SMILES string of the molecule is Cc1ccc(C(C)C)c(OCCOc2cccc3ccc(C)nc23)c1. The summed E-state index contributed by atoms with van der Waals surface area (Å²) in [7, 11) is 0. The first-order valence-corrected chi connectivity index (χ1v) is 8.77. The predicted octanol–water partition coefficient (Wildman–Crippen LogP) is 5.43. The molecule has 1 heterocycles. The van der Waals surface area contributed by atoms with Crippen LogP contribution < -0.4 is 9.47 Å². The Balaban J connectivity index is 1.67. The Morgan fingerprint density at radius 2 is 1.64 bits per heavy atom. The molecule has 0 radical (unpaired) electrons. The van der Waals surface area contributed by atoms with Crippen molar-refractivity contribution in [1.82, 2.24) is 4.98 Å². The lowest BCUT2D eigenvalue weighted by atomic mass is 10.0. The number of rotatable bonds is 6. The molecule has 0 unspecified atom stereocenters. The summed E-state index contributed by atoms with van der Waals surface area (Å²) in [4.78, 5) is 4.60. The van der Waals surface area contributed by atoms with E-state index >= 15 is 0 Å². The van der Waals surface area contributed by atoms with Gasteiger partial charge >= 0.3 is 0 Å². The number of pyridine rings is 1. The van der Waals surface area contributed by atoms with Gasteiger partial charge in [-0.25, -0.2) is 4.98 Å². The van der Waals surface area contributed by atoms with Gasteiger partial charge in [0.1, 0.15) is 30.2 Å². The fourth-order valence-corrected chi connectivity index (χ4v) is 2.88. The molecule has 3 nitrogen and oxygen atoms in total. The van der Waals surface area contributed by atoms with Gasteiger partial charge in [-0.3, -0.25) is 0 Å². The summed E-state index contributed by atoms with van der Waals surface area (Å²) in [6, 6.07) is 16.5. The first kappa shape index (κ1) is 17.3. The minimum absolute atomic E-state index is 0.432. The summed E-state index contributed by atoms with van der Waals surface area (Å²) in [5.41, 5.74) is 4.32. The topological polar surface area (TPSA) is 31.4 Å². The maximum Gasteiger partial charge on any atom is 0.145 e. The lowest BCUT2D eigenvalue weighted by Gasteiger charge is -2.15. The van der Waals surface area contributed by atoms with Gasteiger partial charge in [0.15, 0.2) is 0 Å². The van der Waals surface area contributed by atoms with Crippen molar-refractivity contribution < 1.29 is 9.47 Å². The van der Waals surface area contributed by atoms with Crippen LogP contribution in [0, 0.1) is 13.8 Å². The zero-order valence-corrected chi connectivity index (χ0v) is 15.4. The normalized spacial score (nSPS) is 11.1. The van der Waals surface area contributed by atoms with Crippen molar-refractivity contribution in [1.29, 1.82) is 0 Å². The van der Waals surface area contributed by atoms with E-state index in [0.717, 1.165) is 28.1 Å². The third kappa shape index (κ3) is 4.11. The number of hydrogen-bond acceptors (Lipinski definition) is 3. The quantitative estimate of drug-likeness (QED) is 0.563. The molecule has 0 bridgehead atoms. The van der Waals surface area contributed by atoms with Crippen LogP contribution in [0.15, 0.2) is 48.5 Å². The molecule has 0 spiro atoms. The van der Waals surface area contributed by atoms with Crippen LogP contribution in [0.1, 0.15) is 36.6 Å². The Morgan fingerprint density at radius 1 is 0.880 bits per heavy atom. The lowest BCUT2D eigenvalue weighted by molar-refractivity contribution is 0.217. The van der Waals surface area contributed by atoms with Crippen LogP contribution in [0.4, 0.5) is 0 Å². The molecule has 1 aromatic heterocycles. The third-order valence-electron chi connectivity index (χ3n) is 4.21. The molecule has 3 heteroatoms. The average molecular weight is 335 g/mol. The molecule has 0 N–H and O–H groups in total. The third-order valence-corrected chi connectivity index (χ3v) is 4.21. The van der Waals surface area contributed by atoms with Crippen LogP contribution in [0.3, 0.4) is 0 Å². The van der Waals surface area contributed by atoms with Gasteiger partial charge in [-0.1, -0.05) is 44.2 Å². The van der Waals surface area contributed by atoms with Gasteiger partial charge in [-0.2, -0.15) is 0 Å². The predicted molar refractivity (Wildman–Crippen MR) is 103 cm³/mol. The van der Waals surface area contributed by atoms with Crippen LogP contribution in [0.2, 0.25) is 0 Å². The van der Waals surface area contributed by atoms with E-state index < -0.39 is 0 Å². The molecule has 0 saturated heterocycles. The first-order valence-electron chi connectivity index (χ1n) is 8.77. The molecule has 0 aliphatic rings. The molecule has 130 valence electrons. The van der Waals surface area contributed by atoms with Crippen LogP contribution in [0.25, 0.3) is 10.9 Å².